The van der Waals surface area contributed by atoms with Crippen LogP contribution < -0.4 is 4.74 Å². The van der Waals surface area contributed by atoms with E-state index in [9.17, 15) is 0 Å². The Hall–Kier alpha value is -1.94. The summed E-state index contributed by atoms with van der Waals surface area (Å²) in [7, 11) is 1.62. The molecule has 1 atom stereocenters. The molecule has 1 fully saturated rings. The van der Waals surface area contributed by atoms with Crippen LogP contribution in [-0.4, -0.2) is 29.8 Å². The number of nitrogens with zero attached hydrogens (tertiary/aromatic N) is 2. The monoisotopic (exact) mass is 270 g/mol. The van der Waals surface area contributed by atoms with E-state index in [0.717, 1.165) is 29.6 Å². The van der Waals surface area contributed by atoms with Crippen molar-refractivity contribution in [2.45, 2.75) is 25.4 Å². The fraction of sp³-hybridized carbons (Fsp3) is 0.375. The minimum absolute atomic E-state index is 0.220. The van der Waals surface area contributed by atoms with Gasteiger partial charge < -0.3 is 9.47 Å². The van der Waals surface area contributed by atoms with Gasteiger partial charge >= 0.3 is 0 Å². The van der Waals surface area contributed by atoms with Gasteiger partial charge in [-0.2, -0.15) is 0 Å². The smallest absolute Gasteiger partial charge is 0.213 e. The number of pyridine rings is 2. The standard InChI is InChI=1S/C16H18N2O2/c1-19-15-8-7-14-16(18-15)12(9-10-17-14)5-6-13-4-2-3-11-20-13/h5-10,13H,2-4,11H2,1H3/t13-/m0/s1. The topological polar surface area (TPSA) is 44.2 Å². The van der Waals surface area contributed by atoms with Crippen molar-refractivity contribution in [3.05, 3.63) is 36.0 Å². The van der Waals surface area contributed by atoms with Crippen molar-refractivity contribution >= 4 is 17.1 Å². The summed E-state index contributed by atoms with van der Waals surface area (Å²) in [5.74, 6) is 0.606. The maximum atomic E-state index is 5.71. The lowest BCUT2D eigenvalue weighted by molar-refractivity contribution is 0.0471. The Balaban J connectivity index is 1.91. The largest absolute Gasteiger partial charge is 0.481 e. The van der Waals surface area contributed by atoms with Crippen molar-refractivity contribution in [3.8, 4) is 5.88 Å². The second-order valence-electron chi connectivity index (χ2n) is 4.89. The first-order chi connectivity index (χ1) is 9.86. The van der Waals surface area contributed by atoms with Gasteiger partial charge in [0.1, 0.15) is 0 Å². The summed E-state index contributed by atoms with van der Waals surface area (Å²) in [6.45, 7) is 0.859. The Kier molecular flexibility index (Phi) is 3.92. The van der Waals surface area contributed by atoms with Crippen LogP contribution in [-0.2, 0) is 4.74 Å². The average Bonchev–Trinajstić information content (AvgIpc) is 2.53. The number of methoxy groups -OCH3 is 1. The van der Waals surface area contributed by atoms with E-state index in [4.69, 9.17) is 9.47 Å². The molecule has 2 aromatic rings. The van der Waals surface area contributed by atoms with E-state index in [1.54, 1.807) is 13.3 Å². The molecule has 2 aromatic heterocycles. The highest BCUT2D eigenvalue weighted by Crippen LogP contribution is 2.21. The van der Waals surface area contributed by atoms with E-state index in [2.05, 4.69) is 22.1 Å². The molecule has 0 N–H and O–H groups in total. The average molecular weight is 270 g/mol. The normalized spacial score (nSPS) is 19.6. The molecule has 104 valence electrons. The predicted molar refractivity (Wildman–Crippen MR) is 78.7 cm³/mol. The van der Waals surface area contributed by atoms with E-state index >= 15 is 0 Å². The van der Waals surface area contributed by atoms with E-state index in [1.165, 1.54) is 12.8 Å². The lowest BCUT2D eigenvalue weighted by Gasteiger charge is -2.19. The highest BCUT2D eigenvalue weighted by molar-refractivity contribution is 5.84. The maximum absolute atomic E-state index is 5.71. The Morgan fingerprint density at radius 2 is 2.25 bits per heavy atom. The van der Waals surface area contributed by atoms with Gasteiger partial charge in [0.2, 0.25) is 5.88 Å². The van der Waals surface area contributed by atoms with Gasteiger partial charge in [0.25, 0.3) is 0 Å². The summed E-state index contributed by atoms with van der Waals surface area (Å²) in [4.78, 5) is 8.81. The second-order valence-corrected chi connectivity index (χ2v) is 4.89. The summed E-state index contributed by atoms with van der Waals surface area (Å²) in [5, 5.41) is 0. The van der Waals surface area contributed by atoms with Crippen molar-refractivity contribution in [3.63, 3.8) is 0 Å². The minimum atomic E-state index is 0.220. The number of hydrogen-bond donors (Lipinski definition) is 0. The number of ether oxygens (including phenoxy) is 2. The van der Waals surface area contributed by atoms with E-state index in [-0.39, 0.29) is 6.10 Å². The van der Waals surface area contributed by atoms with Crippen LogP contribution in [0.3, 0.4) is 0 Å². The van der Waals surface area contributed by atoms with E-state index < -0.39 is 0 Å². The quantitative estimate of drug-likeness (QED) is 0.859. The van der Waals surface area contributed by atoms with Crippen molar-refractivity contribution in [2.24, 2.45) is 0 Å². The predicted octanol–water partition coefficient (Wildman–Crippen LogP) is 3.22. The second kappa shape index (κ2) is 6.01. The summed E-state index contributed by atoms with van der Waals surface area (Å²) < 4.78 is 10.9. The summed E-state index contributed by atoms with van der Waals surface area (Å²) in [5.41, 5.74) is 2.78. The van der Waals surface area contributed by atoms with Crippen LogP contribution in [0.15, 0.2) is 30.5 Å². The zero-order chi connectivity index (χ0) is 13.8. The summed E-state index contributed by atoms with van der Waals surface area (Å²) >= 11 is 0. The van der Waals surface area contributed by atoms with Crippen LogP contribution in [0.1, 0.15) is 24.8 Å². The van der Waals surface area contributed by atoms with Crippen LogP contribution in [0.5, 0.6) is 5.88 Å². The lowest BCUT2D eigenvalue weighted by Crippen LogP contribution is -2.16. The van der Waals surface area contributed by atoms with Crippen molar-refractivity contribution in [1.29, 1.82) is 0 Å². The molecule has 0 saturated carbocycles. The number of aromatic nitrogens is 2. The zero-order valence-corrected chi connectivity index (χ0v) is 11.6. The van der Waals surface area contributed by atoms with Crippen molar-refractivity contribution < 1.29 is 9.47 Å². The molecule has 0 bridgehead atoms. The van der Waals surface area contributed by atoms with Gasteiger partial charge in [-0.25, -0.2) is 4.98 Å². The molecule has 1 saturated heterocycles. The molecule has 0 aromatic carbocycles. The number of hydrogen-bond acceptors (Lipinski definition) is 4. The summed E-state index contributed by atoms with van der Waals surface area (Å²) in [6, 6.07) is 5.72. The maximum Gasteiger partial charge on any atom is 0.213 e. The zero-order valence-electron chi connectivity index (χ0n) is 11.6. The molecule has 1 aliphatic heterocycles. The molecule has 4 heteroatoms. The fourth-order valence-electron chi connectivity index (χ4n) is 2.40. The van der Waals surface area contributed by atoms with Gasteiger partial charge in [0.05, 0.1) is 24.2 Å². The number of fused-ring (bicyclic) bond motifs is 1. The fourth-order valence-corrected chi connectivity index (χ4v) is 2.40. The SMILES string of the molecule is COc1ccc2nccc(C=C[C@@H]3CCCCO3)c2n1. The third-order valence-corrected chi connectivity index (χ3v) is 3.50. The molecule has 0 aliphatic carbocycles. The molecule has 1 aliphatic rings. The van der Waals surface area contributed by atoms with Gasteiger partial charge in [0, 0.05) is 24.4 Å². The molecule has 0 radical (unpaired) electrons. The minimum Gasteiger partial charge on any atom is -0.481 e. The van der Waals surface area contributed by atoms with E-state index in [1.807, 2.05) is 18.2 Å². The van der Waals surface area contributed by atoms with Crippen molar-refractivity contribution in [2.75, 3.05) is 13.7 Å². The molecule has 3 heterocycles. The highest BCUT2D eigenvalue weighted by Gasteiger charge is 2.10. The first-order valence-corrected chi connectivity index (χ1v) is 6.96. The van der Waals surface area contributed by atoms with Gasteiger partial charge in [-0.1, -0.05) is 12.2 Å². The Bertz CT molecular complexity index is 619. The van der Waals surface area contributed by atoms with Crippen LogP contribution in [0.2, 0.25) is 0 Å². The third kappa shape index (κ3) is 2.80. The molecule has 3 rings (SSSR count). The molecule has 0 spiro atoms. The molecule has 0 amide bonds. The summed E-state index contributed by atoms with van der Waals surface area (Å²) in [6.07, 6.45) is 9.72. The Morgan fingerprint density at radius 3 is 3.05 bits per heavy atom. The van der Waals surface area contributed by atoms with Crippen LogP contribution in [0, 0.1) is 0 Å². The molecular formula is C16H18N2O2. The van der Waals surface area contributed by atoms with Crippen molar-refractivity contribution in [1.82, 2.24) is 9.97 Å². The van der Waals surface area contributed by atoms with Gasteiger partial charge in [-0.15, -0.1) is 0 Å². The first kappa shape index (κ1) is 13.1. The van der Waals surface area contributed by atoms with Crippen LogP contribution >= 0.6 is 0 Å². The highest BCUT2D eigenvalue weighted by atomic mass is 16.5. The van der Waals surface area contributed by atoms with Gasteiger partial charge in [-0.3, -0.25) is 4.98 Å². The molecule has 4 nitrogen and oxygen atoms in total. The lowest BCUT2D eigenvalue weighted by atomic mass is 10.1. The van der Waals surface area contributed by atoms with Gasteiger partial charge in [0.15, 0.2) is 0 Å². The Morgan fingerprint density at radius 1 is 1.30 bits per heavy atom. The molecule has 20 heavy (non-hydrogen) atoms. The third-order valence-electron chi connectivity index (χ3n) is 3.50. The Labute approximate surface area is 118 Å². The van der Waals surface area contributed by atoms with Crippen LogP contribution in [0.25, 0.3) is 17.1 Å². The first-order valence-electron chi connectivity index (χ1n) is 6.96. The molecular weight excluding hydrogens is 252 g/mol. The number of rotatable bonds is 3. The van der Waals surface area contributed by atoms with Gasteiger partial charge in [-0.05, 0) is 31.4 Å². The van der Waals surface area contributed by atoms with Crippen LogP contribution in [0.4, 0.5) is 0 Å². The molecule has 0 unspecified atom stereocenters. The van der Waals surface area contributed by atoms with E-state index in [0.29, 0.717) is 5.88 Å².